The number of aryl methyl sites for hydroxylation is 1. The molecule has 0 spiro atoms. The van der Waals surface area contributed by atoms with Crippen molar-refractivity contribution < 1.29 is 4.39 Å². The fourth-order valence-electron chi connectivity index (χ4n) is 3.31. The van der Waals surface area contributed by atoms with E-state index in [1.54, 1.807) is 23.7 Å². The van der Waals surface area contributed by atoms with Crippen LogP contribution in [0.3, 0.4) is 0 Å². The van der Waals surface area contributed by atoms with Crippen LogP contribution in [0.5, 0.6) is 0 Å². The van der Waals surface area contributed by atoms with Gasteiger partial charge >= 0.3 is 0 Å². The van der Waals surface area contributed by atoms with E-state index in [4.69, 9.17) is 0 Å². The number of aromatic nitrogens is 1. The molecule has 0 bridgehead atoms. The van der Waals surface area contributed by atoms with Crippen LogP contribution in [0.2, 0.25) is 0 Å². The van der Waals surface area contributed by atoms with Gasteiger partial charge in [-0.2, -0.15) is 5.26 Å². The lowest BCUT2D eigenvalue weighted by molar-refractivity contribution is 0.470. The van der Waals surface area contributed by atoms with Crippen molar-refractivity contribution in [2.75, 3.05) is 6.54 Å². The lowest BCUT2D eigenvalue weighted by atomic mass is 9.99. The van der Waals surface area contributed by atoms with Gasteiger partial charge in [0.1, 0.15) is 5.82 Å². The molecule has 0 saturated carbocycles. The first-order valence-corrected chi connectivity index (χ1v) is 9.94. The van der Waals surface area contributed by atoms with Gasteiger partial charge in [-0.1, -0.05) is 44.5 Å². The first-order chi connectivity index (χ1) is 13.9. The minimum absolute atomic E-state index is 0.0800. The molecule has 3 rings (SSSR count). The summed E-state index contributed by atoms with van der Waals surface area (Å²) in [5.41, 5.74) is 2.83. The first-order valence-electron chi connectivity index (χ1n) is 9.94. The van der Waals surface area contributed by atoms with Crippen LogP contribution in [0, 0.1) is 23.1 Å². The SMILES string of the molecule is CC[C@H](C)CN[C@H](C#N)Cc1ccc(-c2ccc3ccc(=O)n(C)c3c2)cc1F. The fraction of sp³-hybridized carbons (Fsp3) is 0.333. The number of rotatable bonds is 7. The largest absolute Gasteiger partial charge is 0.311 e. The Hall–Kier alpha value is -2.97. The number of hydrogen-bond donors (Lipinski definition) is 1. The zero-order valence-electron chi connectivity index (χ0n) is 17.1. The van der Waals surface area contributed by atoms with Crippen molar-refractivity contribution >= 4 is 10.9 Å². The molecule has 0 unspecified atom stereocenters. The lowest BCUT2D eigenvalue weighted by Crippen LogP contribution is -2.33. The molecule has 0 aliphatic carbocycles. The van der Waals surface area contributed by atoms with Crippen molar-refractivity contribution in [2.45, 2.75) is 32.7 Å². The van der Waals surface area contributed by atoms with Gasteiger partial charge in [-0.3, -0.25) is 4.79 Å². The van der Waals surface area contributed by atoms with E-state index in [1.807, 2.05) is 24.3 Å². The van der Waals surface area contributed by atoms with Gasteiger partial charge in [-0.05, 0) is 52.7 Å². The van der Waals surface area contributed by atoms with Crippen molar-refractivity contribution in [1.82, 2.24) is 9.88 Å². The molecule has 3 aromatic rings. The highest BCUT2D eigenvalue weighted by Gasteiger charge is 2.13. The number of fused-ring (bicyclic) bond motifs is 1. The quantitative estimate of drug-likeness (QED) is 0.649. The predicted molar refractivity (Wildman–Crippen MR) is 115 cm³/mol. The van der Waals surface area contributed by atoms with Gasteiger partial charge in [0, 0.05) is 19.5 Å². The van der Waals surface area contributed by atoms with Crippen LogP contribution >= 0.6 is 0 Å². The van der Waals surface area contributed by atoms with Crippen molar-refractivity contribution in [1.29, 1.82) is 5.26 Å². The summed E-state index contributed by atoms with van der Waals surface area (Å²) in [5.74, 6) is 0.150. The van der Waals surface area contributed by atoms with Gasteiger partial charge in [0.25, 0.3) is 5.56 Å². The maximum absolute atomic E-state index is 14.8. The molecule has 0 aliphatic heterocycles. The Kier molecular flexibility index (Phi) is 6.46. The van der Waals surface area contributed by atoms with Crippen LogP contribution < -0.4 is 10.9 Å². The molecule has 0 amide bonds. The molecular weight excluding hydrogens is 365 g/mol. The Balaban J connectivity index is 1.84. The molecule has 5 heteroatoms. The zero-order chi connectivity index (χ0) is 21.0. The van der Waals surface area contributed by atoms with Gasteiger partial charge in [0.2, 0.25) is 0 Å². The molecule has 150 valence electrons. The van der Waals surface area contributed by atoms with Crippen LogP contribution in [-0.2, 0) is 13.5 Å². The highest BCUT2D eigenvalue weighted by atomic mass is 19.1. The minimum atomic E-state index is -0.417. The summed E-state index contributed by atoms with van der Waals surface area (Å²) < 4.78 is 16.3. The highest BCUT2D eigenvalue weighted by molar-refractivity contribution is 5.84. The van der Waals surface area contributed by atoms with Crippen molar-refractivity contribution in [2.24, 2.45) is 13.0 Å². The second-order valence-corrected chi connectivity index (χ2v) is 7.62. The molecule has 0 fully saturated rings. The van der Waals surface area contributed by atoms with E-state index in [0.29, 0.717) is 17.9 Å². The highest BCUT2D eigenvalue weighted by Crippen LogP contribution is 2.26. The topological polar surface area (TPSA) is 57.8 Å². The van der Waals surface area contributed by atoms with E-state index in [0.717, 1.165) is 35.0 Å². The van der Waals surface area contributed by atoms with E-state index in [9.17, 15) is 14.4 Å². The third kappa shape index (κ3) is 4.72. The molecule has 1 heterocycles. The van der Waals surface area contributed by atoms with E-state index in [-0.39, 0.29) is 11.4 Å². The van der Waals surface area contributed by atoms with Crippen LogP contribution in [0.1, 0.15) is 25.8 Å². The summed E-state index contributed by atoms with van der Waals surface area (Å²) in [6.45, 7) is 4.97. The smallest absolute Gasteiger partial charge is 0.250 e. The lowest BCUT2D eigenvalue weighted by Gasteiger charge is -2.15. The number of nitrogens with zero attached hydrogens (tertiary/aromatic N) is 2. The summed E-state index contributed by atoms with van der Waals surface area (Å²) in [7, 11) is 1.73. The van der Waals surface area contributed by atoms with Crippen molar-refractivity contribution in [3.8, 4) is 17.2 Å². The Morgan fingerprint density at radius 3 is 2.52 bits per heavy atom. The number of halogens is 1. The normalized spacial score (nSPS) is 13.2. The molecule has 1 N–H and O–H groups in total. The van der Waals surface area contributed by atoms with Crippen LogP contribution in [0.4, 0.5) is 4.39 Å². The van der Waals surface area contributed by atoms with E-state index in [1.165, 1.54) is 12.1 Å². The summed E-state index contributed by atoms with van der Waals surface area (Å²) >= 11 is 0. The van der Waals surface area contributed by atoms with Gasteiger partial charge < -0.3 is 9.88 Å². The number of nitriles is 1. The Morgan fingerprint density at radius 1 is 1.14 bits per heavy atom. The first kappa shape index (κ1) is 20.8. The minimum Gasteiger partial charge on any atom is -0.311 e. The number of hydrogen-bond acceptors (Lipinski definition) is 3. The molecule has 2 atom stereocenters. The molecule has 2 aromatic carbocycles. The summed E-state index contributed by atoms with van der Waals surface area (Å²) in [4.78, 5) is 11.9. The number of pyridine rings is 1. The van der Waals surface area contributed by atoms with Gasteiger partial charge in [0.05, 0.1) is 17.6 Å². The van der Waals surface area contributed by atoms with Gasteiger partial charge in [0.15, 0.2) is 0 Å². The molecule has 4 nitrogen and oxygen atoms in total. The monoisotopic (exact) mass is 391 g/mol. The molecule has 0 radical (unpaired) electrons. The summed E-state index contributed by atoms with van der Waals surface area (Å²) in [6.07, 6.45) is 1.36. The van der Waals surface area contributed by atoms with E-state index < -0.39 is 6.04 Å². The second-order valence-electron chi connectivity index (χ2n) is 7.62. The van der Waals surface area contributed by atoms with Gasteiger partial charge in [-0.15, -0.1) is 0 Å². The predicted octanol–water partition coefficient (Wildman–Crippen LogP) is 4.41. The van der Waals surface area contributed by atoms with Gasteiger partial charge in [-0.25, -0.2) is 4.39 Å². The second kappa shape index (κ2) is 9.02. The summed E-state index contributed by atoms with van der Waals surface area (Å²) in [5, 5.41) is 13.6. The van der Waals surface area contributed by atoms with Crippen LogP contribution in [0.15, 0.2) is 53.3 Å². The van der Waals surface area contributed by atoms with E-state index >= 15 is 0 Å². The third-order valence-corrected chi connectivity index (χ3v) is 5.50. The Labute approximate surface area is 170 Å². The van der Waals surface area contributed by atoms with Crippen LogP contribution in [0.25, 0.3) is 22.0 Å². The maximum atomic E-state index is 14.8. The summed E-state index contributed by atoms with van der Waals surface area (Å²) in [6, 6.07) is 16.0. The van der Waals surface area contributed by atoms with Crippen molar-refractivity contribution in [3.63, 3.8) is 0 Å². The molecule has 1 aromatic heterocycles. The fourth-order valence-corrected chi connectivity index (χ4v) is 3.31. The van der Waals surface area contributed by atoms with E-state index in [2.05, 4.69) is 25.2 Å². The van der Waals surface area contributed by atoms with Crippen molar-refractivity contribution in [3.05, 3.63) is 70.3 Å². The zero-order valence-corrected chi connectivity index (χ0v) is 17.1. The molecule has 0 saturated heterocycles. The third-order valence-electron chi connectivity index (χ3n) is 5.50. The molecular formula is C24H26FN3O. The standard InChI is InChI=1S/C24H26FN3O/c1-4-16(2)15-27-21(14-26)11-20-8-7-18(12-22(20)25)19-6-5-17-9-10-24(29)28(3)23(17)13-19/h5-10,12-13,16,21,27H,4,11,15H2,1-3H3/t16-,21-/m0/s1. The molecule has 29 heavy (non-hydrogen) atoms. The average molecular weight is 391 g/mol. The maximum Gasteiger partial charge on any atom is 0.250 e. The Bertz CT molecular complexity index is 1110. The average Bonchev–Trinajstić information content (AvgIpc) is 2.74. The Morgan fingerprint density at radius 2 is 1.83 bits per heavy atom. The molecule has 0 aliphatic rings. The van der Waals surface area contributed by atoms with Crippen LogP contribution in [-0.4, -0.2) is 17.2 Å². The number of benzene rings is 2. The number of nitrogens with one attached hydrogen (secondary N) is 1.